The van der Waals surface area contributed by atoms with Crippen molar-refractivity contribution in [2.75, 3.05) is 0 Å². The van der Waals surface area contributed by atoms with Crippen LogP contribution in [0.15, 0.2) is 54.6 Å². The van der Waals surface area contributed by atoms with E-state index >= 15 is 0 Å². The number of para-hydroxylation sites is 1. The van der Waals surface area contributed by atoms with E-state index in [9.17, 15) is 5.11 Å². The van der Waals surface area contributed by atoms with Gasteiger partial charge < -0.3 is 9.84 Å². The fraction of sp³-hybridized carbons (Fsp3) is 0.294. The van der Waals surface area contributed by atoms with Gasteiger partial charge in [0.25, 0.3) is 0 Å². The Balaban J connectivity index is 2.07. The van der Waals surface area contributed by atoms with Gasteiger partial charge in [0.2, 0.25) is 0 Å². The first-order valence-corrected chi connectivity index (χ1v) is 6.75. The first-order valence-electron chi connectivity index (χ1n) is 6.75. The fourth-order valence-corrected chi connectivity index (χ4v) is 2.05. The zero-order chi connectivity index (χ0) is 13.5. The van der Waals surface area contributed by atoms with Crippen LogP contribution < -0.4 is 4.74 Å². The summed E-state index contributed by atoms with van der Waals surface area (Å²) >= 11 is 0. The standard InChI is InChI=1S/C17H20O2/c1-2-8-16(18)15-11-6-7-12-17(15)19-13-14-9-4-3-5-10-14/h3-7,9-12,16,18H,2,8,13H2,1H3/t16-/m0/s1. The fourth-order valence-electron chi connectivity index (χ4n) is 2.05. The van der Waals surface area contributed by atoms with Crippen LogP contribution in [0.25, 0.3) is 0 Å². The number of benzene rings is 2. The average Bonchev–Trinajstić information content (AvgIpc) is 2.47. The summed E-state index contributed by atoms with van der Waals surface area (Å²) in [4.78, 5) is 0. The molecule has 0 unspecified atom stereocenters. The largest absolute Gasteiger partial charge is 0.489 e. The summed E-state index contributed by atoms with van der Waals surface area (Å²) in [6.45, 7) is 2.59. The molecule has 0 amide bonds. The van der Waals surface area contributed by atoms with E-state index in [-0.39, 0.29) is 0 Å². The molecule has 0 aliphatic heterocycles. The summed E-state index contributed by atoms with van der Waals surface area (Å²) in [5.74, 6) is 0.771. The van der Waals surface area contributed by atoms with E-state index in [0.717, 1.165) is 29.7 Å². The van der Waals surface area contributed by atoms with Crippen LogP contribution in [-0.2, 0) is 6.61 Å². The van der Waals surface area contributed by atoms with Gasteiger partial charge >= 0.3 is 0 Å². The molecule has 100 valence electrons. The molecule has 2 rings (SSSR count). The molecule has 0 aliphatic rings. The van der Waals surface area contributed by atoms with E-state index in [2.05, 4.69) is 6.92 Å². The number of rotatable bonds is 6. The Morgan fingerprint density at radius 2 is 1.68 bits per heavy atom. The van der Waals surface area contributed by atoms with Crippen molar-refractivity contribution in [3.8, 4) is 5.75 Å². The van der Waals surface area contributed by atoms with E-state index in [0.29, 0.717) is 6.61 Å². The van der Waals surface area contributed by atoms with Gasteiger partial charge in [-0.1, -0.05) is 61.9 Å². The molecule has 1 atom stereocenters. The zero-order valence-electron chi connectivity index (χ0n) is 11.3. The van der Waals surface area contributed by atoms with E-state index in [1.54, 1.807) is 0 Å². The van der Waals surface area contributed by atoms with Crippen molar-refractivity contribution in [3.63, 3.8) is 0 Å². The second-order valence-corrected chi connectivity index (χ2v) is 4.62. The topological polar surface area (TPSA) is 29.5 Å². The number of ether oxygens (including phenoxy) is 1. The second-order valence-electron chi connectivity index (χ2n) is 4.62. The van der Waals surface area contributed by atoms with Gasteiger partial charge in [0.05, 0.1) is 6.10 Å². The number of aliphatic hydroxyl groups excluding tert-OH is 1. The van der Waals surface area contributed by atoms with Gasteiger partial charge in [-0.2, -0.15) is 0 Å². The van der Waals surface area contributed by atoms with Crippen molar-refractivity contribution in [1.29, 1.82) is 0 Å². The van der Waals surface area contributed by atoms with Gasteiger partial charge in [0, 0.05) is 5.56 Å². The highest BCUT2D eigenvalue weighted by Gasteiger charge is 2.12. The minimum Gasteiger partial charge on any atom is -0.489 e. The molecule has 0 radical (unpaired) electrons. The molecule has 2 aromatic carbocycles. The van der Waals surface area contributed by atoms with Crippen molar-refractivity contribution < 1.29 is 9.84 Å². The number of aliphatic hydroxyl groups is 1. The summed E-state index contributed by atoms with van der Waals surface area (Å²) in [7, 11) is 0. The van der Waals surface area contributed by atoms with Crippen LogP contribution in [0.2, 0.25) is 0 Å². The van der Waals surface area contributed by atoms with Crippen molar-refractivity contribution in [2.24, 2.45) is 0 Å². The molecule has 0 spiro atoms. The molecule has 0 saturated heterocycles. The van der Waals surface area contributed by atoms with Crippen LogP contribution in [0, 0.1) is 0 Å². The summed E-state index contributed by atoms with van der Waals surface area (Å²) in [5, 5.41) is 10.1. The predicted octanol–water partition coefficient (Wildman–Crippen LogP) is 4.10. The molecule has 2 heteroatoms. The first kappa shape index (κ1) is 13.6. The summed E-state index contributed by atoms with van der Waals surface area (Å²) in [6, 6.07) is 17.8. The Bertz CT molecular complexity index is 494. The highest BCUT2D eigenvalue weighted by atomic mass is 16.5. The van der Waals surface area contributed by atoms with Gasteiger partial charge in [0.15, 0.2) is 0 Å². The van der Waals surface area contributed by atoms with Gasteiger partial charge in [-0.25, -0.2) is 0 Å². The smallest absolute Gasteiger partial charge is 0.125 e. The highest BCUT2D eigenvalue weighted by Crippen LogP contribution is 2.28. The van der Waals surface area contributed by atoms with Crippen LogP contribution in [0.5, 0.6) is 5.75 Å². The lowest BCUT2D eigenvalue weighted by Crippen LogP contribution is -2.02. The summed E-state index contributed by atoms with van der Waals surface area (Å²) in [6.07, 6.45) is 1.26. The Morgan fingerprint density at radius 1 is 1.00 bits per heavy atom. The zero-order valence-corrected chi connectivity index (χ0v) is 11.3. The molecule has 2 nitrogen and oxygen atoms in total. The third kappa shape index (κ3) is 3.83. The maximum atomic E-state index is 10.1. The molecule has 0 fully saturated rings. The molecule has 0 heterocycles. The Hall–Kier alpha value is -1.80. The van der Waals surface area contributed by atoms with Crippen LogP contribution in [0.4, 0.5) is 0 Å². The monoisotopic (exact) mass is 256 g/mol. The van der Waals surface area contributed by atoms with Gasteiger partial charge in [0.1, 0.15) is 12.4 Å². The van der Waals surface area contributed by atoms with Gasteiger partial charge in [-0.15, -0.1) is 0 Å². The molecule has 0 aromatic heterocycles. The van der Waals surface area contributed by atoms with E-state index < -0.39 is 6.10 Å². The predicted molar refractivity (Wildman–Crippen MR) is 77.1 cm³/mol. The SMILES string of the molecule is CCC[C@H](O)c1ccccc1OCc1ccccc1. The lowest BCUT2D eigenvalue weighted by Gasteiger charge is -2.15. The lowest BCUT2D eigenvalue weighted by atomic mass is 10.0. The van der Waals surface area contributed by atoms with Gasteiger partial charge in [-0.05, 0) is 18.1 Å². The molecular formula is C17H20O2. The minimum absolute atomic E-state index is 0.447. The lowest BCUT2D eigenvalue weighted by molar-refractivity contribution is 0.159. The first-order chi connectivity index (χ1) is 9.31. The normalized spacial score (nSPS) is 12.1. The quantitative estimate of drug-likeness (QED) is 0.843. The van der Waals surface area contributed by atoms with Crippen LogP contribution in [0.1, 0.15) is 37.0 Å². The van der Waals surface area contributed by atoms with Crippen LogP contribution in [-0.4, -0.2) is 5.11 Å². The molecule has 1 N–H and O–H groups in total. The average molecular weight is 256 g/mol. The molecule has 0 saturated carbocycles. The van der Waals surface area contributed by atoms with E-state index in [1.807, 2.05) is 54.6 Å². The third-order valence-corrected chi connectivity index (χ3v) is 3.08. The van der Waals surface area contributed by atoms with Crippen LogP contribution >= 0.6 is 0 Å². The number of hydrogen-bond donors (Lipinski definition) is 1. The molecule has 0 bridgehead atoms. The number of hydrogen-bond acceptors (Lipinski definition) is 2. The second kappa shape index (κ2) is 6.95. The molecule has 0 aliphatic carbocycles. The third-order valence-electron chi connectivity index (χ3n) is 3.08. The van der Waals surface area contributed by atoms with E-state index in [1.165, 1.54) is 0 Å². The Morgan fingerprint density at radius 3 is 2.42 bits per heavy atom. The van der Waals surface area contributed by atoms with Crippen molar-refractivity contribution in [1.82, 2.24) is 0 Å². The highest BCUT2D eigenvalue weighted by molar-refractivity contribution is 5.35. The Kier molecular flexibility index (Phi) is 4.99. The Labute approximate surface area is 114 Å². The molecular weight excluding hydrogens is 236 g/mol. The summed E-state index contributed by atoms with van der Waals surface area (Å²) in [5.41, 5.74) is 2.00. The van der Waals surface area contributed by atoms with Crippen molar-refractivity contribution in [3.05, 3.63) is 65.7 Å². The minimum atomic E-state index is -0.447. The maximum Gasteiger partial charge on any atom is 0.125 e. The van der Waals surface area contributed by atoms with Gasteiger partial charge in [-0.3, -0.25) is 0 Å². The van der Waals surface area contributed by atoms with E-state index in [4.69, 9.17) is 4.74 Å². The molecule has 19 heavy (non-hydrogen) atoms. The van der Waals surface area contributed by atoms with Crippen LogP contribution in [0.3, 0.4) is 0 Å². The maximum absolute atomic E-state index is 10.1. The van der Waals surface area contributed by atoms with Crippen molar-refractivity contribution in [2.45, 2.75) is 32.5 Å². The molecule has 2 aromatic rings. The summed E-state index contributed by atoms with van der Waals surface area (Å²) < 4.78 is 5.83. The van der Waals surface area contributed by atoms with Crippen molar-refractivity contribution >= 4 is 0 Å².